The molecule has 1 aromatic rings. The van der Waals surface area contributed by atoms with Gasteiger partial charge in [-0.1, -0.05) is 68.3 Å². The first-order valence-corrected chi connectivity index (χ1v) is 13.8. The molecule has 0 radical (unpaired) electrons. The minimum Gasteiger partial charge on any atom is -0.508 e. The van der Waals surface area contributed by atoms with Gasteiger partial charge in [-0.2, -0.15) is 0 Å². The quantitative estimate of drug-likeness (QED) is 0.180. The number of hydrogen-bond acceptors (Lipinski definition) is 7. The Kier molecular flexibility index (Phi) is 12.5. The van der Waals surface area contributed by atoms with Crippen molar-refractivity contribution in [1.29, 1.82) is 0 Å². The van der Waals surface area contributed by atoms with Crippen molar-refractivity contribution in [3.05, 3.63) is 29.8 Å². The highest BCUT2D eigenvalue weighted by Gasteiger charge is 2.28. The molecule has 0 aliphatic carbocycles. The third kappa shape index (κ3) is 12.2. The molecule has 2 amide bonds. The van der Waals surface area contributed by atoms with Gasteiger partial charge in [0.25, 0.3) is 0 Å². The lowest BCUT2D eigenvalue weighted by atomic mass is 9.89. The zero-order valence-corrected chi connectivity index (χ0v) is 22.4. The third-order valence-electron chi connectivity index (χ3n) is 4.81. The smallest absolute Gasteiger partial charge is 0.327 e. The summed E-state index contributed by atoms with van der Waals surface area (Å²) in [6, 6.07) is 3.97. The normalized spacial score (nSPS) is 14.1. The molecule has 0 aliphatic heterocycles. The number of aliphatic carboxylic acids is 2. The zero-order chi connectivity index (χ0) is 26.8. The summed E-state index contributed by atoms with van der Waals surface area (Å²) >= 11 is 0. The number of hydrogen-bond donors (Lipinski definition) is 5. The van der Waals surface area contributed by atoms with Gasteiger partial charge in [0.15, 0.2) is 0 Å². The second kappa shape index (κ2) is 14.2. The molecular formula is C24H36N2O7S2. The van der Waals surface area contributed by atoms with Crippen LogP contribution >= 0.6 is 21.6 Å². The number of benzene rings is 1. The van der Waals surface area contributed by atoms with Crippen molar-refractivity contribution in [2.24, 2.45) is 11.3 Å². The van der Waals surface area contributed by atoms with E-state index in [0.717, 1.165) is 21.6 Å². The highest BCUT2D eigenvalue weighted by Crippen LogP contribution is 2.27. The van der Waals surface area contributed by atoms with E-state index in [1.54, 1.807) is 12.1 Å². The van der Waals surface area contributed by atoms with Crippen LogP contribution in [0.15, 0.2) is 24.3 Å². The lowest BCUT2D eigenvalue weighted by molar-refractivity contribution is -0.141. The van der Waals surface area contributed by atoms with Crippen molar-refractivity contribution in [2.75, 3.05) is 11.5 Å². The lowest BCUT2D eigenvalue weighted by Crippen LogP contribution is -2.45. The maximum atomic E-state index is 13.0. The SMILES string of the molecule is CC(C)CC(C(=O)N[C@@H](CSSC[C@H](NC(=O)CC(C)(C)C)C(=O)O)C(=O)O)c1ccc(O)cc1. The van der Waals surface area contributed by atoms with Crippen molar-refractivity contribution < 1.29 is 34.5 Å². The Morgan fingerprint density at radius 1 is 0.886 bits per heavy atom. The Balaban J connectivity index is 2.71. The Labute approximate surface area is 214 Å². The highest BCUT2D eigenvalue weighted by atomic mass is 33.1. The van der Waals surface area contributed by atoms with Crippen LogP contribution in [0.3, 0.4) is 0 Å². The van der Waals surface area contributed by atoms with E-state index in [0.29, 0.717) is 12.0 Å². The summed E-state index contributed by atoms with van der Waals surface area (Å²) in [6.07, 6.45) is 0.680. The van der Waals surface area contributed by atoms with Crippen molar-refractivity contribution >= 4 is 45.3 Å². The number of carbonyl (C=O) groups excluding carboxylic acids is 2. The average molecular weight is 529 g/mol. The first-order valence-electron chi connectivity index (χ1n) is 11.3. The van der Waals surface area contributed by atoms with Gasteiger partial charge in [0.05, 0.1) is 5.92 Å². The van der Waals surface area contributed by atoms with Crippen LogP contribution in [0.5, 0.6) is 5.75 Å². The lowest BCUT2D eigenvalue weighted by Gasteiger charge is -2.22. The summed E-state index contributed by atoms with van der Waals surface area (Å²) < 4.78 is 0. The van der Waals surface area contributed by atoms with Gasteiger partial charge in [-0.3, -0.25) is 9.59 Å². The Hall–Kier alpha value is -2.40. The Morgan fingerprint density at radius 2 is 1.37 bits per heavy atom. The van der Waals surface area contributed by atoms with E-state index < -0.39 is 35.8 Å². The zero-order valence-electron chi connectivity index (χ0n) is 20.7. The summed E-state index contributed by atoms with van der Waals surface area (Å²) in [7, 11) is 2.23. The van der Waals surface area contributed by atoms with Gasteiger partial charge < -0.3 is 26.0 Å². The summed E-state index contributed by atoms with van der Waals surface area (Å²) in [6.45, 7) is 9.55. The number of rotatable bonds is 14. The molecule has 3 atom stereocenters. The molecule has 0 bridgehead atoms. The summed E-state index contributed by atoms with van der Waals surface area (Å²) in [5.74, 6) is -3.45. The van der Waals surface area contributed by atoms with Crippen LogP contribution in [0.1, 0.15) is 58.9 Å². The van der Waals surface area contributed by atoms with Gasteiger partial charge in [-0.25, -0.2) is 9.59 Å². The number of carboxylic acids is 2. The molecule has 1 aromatic carbocycles. The first-order chi connectivity index (χ1) is 16.2. The Morgan fingerprint density at radius 3 is 1.80 bits per heavy atom. The largest absolute Gasteiger partial charge is 0.508 e. The molecule has 11 heteroatoms. The molecule has 0 spiro atoms. The fourth-order valence-corrected chi connectivity index (χ4v) is 5.46. The number of carboxylic acid groups (broad SMARTS) is 2. The van der Waals surface area contributed by atoms with Gasteiger partial charge in [0.1, 0.15) is 17.8 Å². The maximum absolute atomic E-state index is 13.0. The minimum atomic E-state index is -1.20. The van der Waals surface area contributed by atoms with Crippen LogP contribution < -0.4 is 10.6 Å². The standard InChI is InChI=1S/C24H36N2O7S2/c1-14(2)10-17(15-6-8-16(27)9-7-15)21(29)26-19(23(32)33)13-35-34-12-18(22(30)31)25-20(28)11-24(3,4)5/h6-9,14,17-19,27H,10-13H2,1-5H3,(H,25,28)(H,26,29)(H,30,31)(H,32,33)/t17?,18-,19-/m0/s1. The molecule has 0 heterocycles. The first kappa shape index (κ1) is 30.6. The van der Waals surface area contributed by atoms with Crippen molar-refractivity contribution in [3.63, 3.8) is 0 Å². The number of nitrogens with one attached hydrogen (secondary N) is 2. The molecule has 0 aliphatic rings. The van der Waals surface area contributed by atoms with Crippen LogP contribution in [-0.2, 0) is 19.2 Å². The van der Waals surface area contributed by atoms with Crippen LogP contribution in [-0.4, -0.2) is 62.7 Å². The Bertz CT molecular complexity index is 870. The molecule has 35 heavy (non-hydrogen) atoms. The number of aromatic hydroxyl groups is 1. The molecule has 0 saturated heterocycles. The van der Waals surface area contributed by atoms with Crippen LogP contribution in [0.2, 0.25) is 0 Å². The fourth-order valence-electron chi connectivity index (χ4n) is 3.15. The van der Waals surface area contributed by atoms with Crippen LogP contribution in [0.4, 0.5) is 0 Å². The van der Waals surface area contributed by atoms with E-state index in [4.69, 9.17) is 0 Å². The number of phenols is 1. The second-order valence-corrected chi connectivity index (χ2v) is 12.5. The van der Waals surface area contributed by atoms with Gasteiger partial charge in [0, 0.05) is 17.9 Å². The van der Waals surface area contributed by atoms with E-state index in [1.807, 2.05) is 34.6 Å². The molecule has 196 valence electrons. The van der Waals surface area contributed by atoms with Crippen molar-refractivity contribution in [1.82, 2.24) is 10.6 Å². The van der Waals surface area contributed by atoms with E-state index in [9.17, 15) is 34.5 Å². The maximum Gasteiger partial charge on any atom is 0.327 e. The van der Waals surface area contributed by atoms with E-state index in [-0.39, 0.29) is 40.9 Å². The molecule has 1 rings (SSSR count). The predicted molar refractivity (Wildman–Crippen MR) is 138 cm³/mol. The molecule has 5 N–H and O–H groups in total. The summed E-state index contributed by atoms with van der Waals surface area (Å²) in [5.41, 5.74) is 0.394. The van der Waals surface area contributed by atoms with Crippen LogP contribution in [0, 0.1) is 11.3 Å². The summed E-state index contributed by atoms with van der Waals surface area (Å²) in [5, 5.41) is 33.6. The topological polar surface area (TPSA) is 153 Å². The second-order valence-electron chi connectivity index (χ2n) is 9.94. The molecule has 1 unspecified atom stereocenters. The predicted octanol–water partition coefficient (Wildman–Crippen LogP) is 3.48. The number of carbonyl (C=O) groups is 4. The van der Waals surface area contributed by atoms with E-state index in [1.165, 1.54) is 12.1 Å². The van der Waals surface area contributed by atoms with E-state index in [2.05, 4.69) is 10.6 Å². The monoisotopic (exact) mass is 528 g/mol. The minimum absolute atomic E-state index is 0.0119. The molecule has 0 saturated carbocycles. The number of amides is 2. The highest BCUT2D eigenvalue weighted by molar-refractivity contribution is 8.76. The average Bonchev–Trinajstić information content (AvgIpc) is 2.72. The fraction of sp³-hybridized carbons (Fsp3) is 0.583. The van der Waals surface area contributed by atoms with Gasteiger partial charge >= 0.3 is 11.9 Å². The molecule has 0 aromatic heterocycles. The van der Waals surface area contributed by atoms with E-state index >= 15 is 0 Å². The molecule has 9 nitrogen and oxygen atoms in total. The van der Waals surface area contributed by atoms with Gasteiger partial charge in [-0.05, 0) is 35.4 Å². The molecule has 0 fully saturated rings. The summed E-state index contributed by atoms with van der Waals surface area (Å²) in [4.78, 5) is 48.3. The van der Waals surface area contributed by atoms with Crippen molar-refractivity contribution in [2.45, 2.75) is 65.5 Å². The van der Waals surface area contributed by atoms with Gasteiger partial charge in [-0.15, -0.1) is 0 Å². The van der Waals surface area contributed by atoms with Crippen LogP contribution in [0.25, 0.3) is 0 Å². The third-order valence-corrected chi connectivity index (χ3v) is 7.23. The van der Waals surface area contributed by atoms with Gasteiger partial charge in [0.2, 0.25) is 11.8 Å². The van der Waals surface area contributed by atoms with Crippen molar-refractivity contribution in [3.8, 4) is 5.75 Å². The molecular weight excluding hydrogens is 492 g/mol. The number of phenolic OH excluding ortho intramolecular Hbond substituents is 1.